The van der Waals surface area contributed by atoms with Gasteiger partial charge in [0, 0.05) is 0 Å². The van der Waals surface area contributed by atoms with Crippen LogP contribution in [0.25, 0.3) is 0 Å². The predicted octanol–water partition coefficient (Wildman–Crippen LogP) is 1.41. The van der Waals surface area contributed by atoms with Crippen LogP contribution in [0, 0.1) is 0 Å². The Kier molecular flexibility index (Phi) is 10.5. The number of hydrogen-bond acceptors (Lipinski definition) is 3. The summed E-state index contributed by atoms with van der Waals surface area (Å²) in [4.78, 5) is 2.38. The van der Waals surface area contributed by atoms with E-state index in [-0.39, 0.29) is 5.75 Å². The second kappa shape index (κ2) is 9.18. The molecule has 0 aliphatic heterocycles. The van der Waals surface area contributed by atoms with Crippen LogP contribution in [0.15, 0.2) is 12.7 Å². The lowest BCUT2D eigenvalue weighted by Gasteiger charge is -2.13. The first-order valence-electron chi connectivity index (χ1n) is 4.69. The Bertz CT molecular complexity index is 215. The van der Waals surface area contributed by atoms with Crippen LogP contribution in [0.3, 0.4) is 0 Å². The highest BCUT2D eigenvalue weighted by molar-refractivity contribution is 7.85. The molecule has 0 saturated heterocycles. The van der Waals surface area contributed by atoms with Gasteiger partial charge in [-0.1, -0.05) is 26.8 Å². The van der Waals surface area contributed by atoms with Crippen molar-refractivity contribution < 1.29 is 13.0 Å². The van der Waals surface area contributed by atoms with Gasteiger partial charge in [0.05, 0.1) is 5.75 Å². The van der Waals surface area contributed by atoms with E-state index in [0.717, 1.165) is 6.08 Å². The van der Waals surface area contributed by atoms with Crippen molar-refractivity contribution in [1.29, 1.82) is 0 Å². The first-order chi connectivity index (χ1) is 6.41. The van der Waals surface area contributed by atoms with E-state index in [1.165, 1.54) is 19.6 Å². The molecule has 0 aromatic carbocycles. The van der Waals surface area contributed by atoms with Crippen LogP contribution in [0.2, 0.25) is 0 Å². The highest BCUT2D eigenvalue weighted by atomic mass is 32.2. The average Bonchev–Trinajstić information content (AvgIpc) is 2.06. The van der Waals surface area contributed by atoms with E-state index >= 15 is 0 Å². The summed E-state index contributed by atoms with van der Waals surface area (Å²) in [5.74, 6) is -0.368. The third kappa shape index (κ3) is 14.2. The fourth-order valence-corrected chi connectivity index (χ4v) is 1.12. The minimum Gasteiger partial charge on any atom is -0.304 e. The van der Waals surface area contributed by atoms with Crippen molar-refractivity contribution in [2.75, 3.05) is 25.4 Å². The van der Waals surface area contributed by atoms with E-state index in [1.54, 1.807) is 0 Å². The first-order valence-corrected chi connectivity index (χ1v) is 6.30. The summed E-state index contributed by atoms with van der Waals surface area (Å²) in [6.45, 7) is 13.2. The van der Waals surface area contributed by atoms with E-state index in [4.69, 9.17) is 4.55 Å². The molecule has 1 N–H and O–H groups in total. The highest BCUT2D eigenvalue weighted by Crippen LogP contribution is 1.81. The van der Waals surface area contributed by atoms with Gasteiger partial charge in [-0.2, -0.15) is 8.42 Å². The van der Waals surface area contributed by atoms with E-state index in [2.05, 4.69) is 32.3 Å². The number of rotatable bonds is 5. The molecule has 0 unspecified atom stereocenters. The van der Waals surface area contributed by atoms with Gasteiger partial charge in [0.1, 0.15) is 0 Å². The molecule has 0 aliphatic carbocycles. The van der Waals surface area contributed by atoms with Gasteiger partial charge >= 0.3 is 0 Å². The van der Waals surface area contributed by atoms with Crippen molar-refractivity contribution in [2.24, 2.45) is 0 Å². The van der Waals surface area contributed by atoms with Gasteiger partial charge < -0.3 is 4.90 Å². The van der Waals surface area contributed by atoms with Crippen molar-refractivity contribution in [3.63, 3.8) is 0 Å². The summed E-state index contributed by atoms with van der Waals surface area (Å²) in [6, 6.07) is 0. The molecule has 14 heavy (non-hydrogen) atoms. The van der Waals surface area contributed by atoms with Gasteiger partial charge in [-0.3, -0.25) is 4.55 Å². The fourth-order valence-electron chi connectivity index (χ4n) is 0.820. The molecular formula is C9H21NO3S. The molecular weight excluding hydrogens is 202 g/mol. The van der Waals surface area contributed by atoms with Crippen molar-refractivity contribution in [3.8, 4) is 0 Å². The van der Waals surface area contributed by atoms with Gasteiger partial charge in [-0.15, -0.1) is 6.58 Å². The predicted molar refractivity (Wildman–Crippen MR) is 60.1 cm³/mol. The lowest BCUT2D eigenvalue weighted by Crippen LogP contribution is -2.21. The van der Waals surface area contributed by atoms with Crippen molar-refractivity contribution in [1.82, 2.24) is 4.90 Å². The van der Waals surface area contributed by atoms with Gasteiger partial charge in [0.25, 0.3) is 10.1 Å². The zero-order valence-electron chi connectivity index (χ0n) is 9.23. The lowest BCUT2D eigenvalue weighted by molar-refractivity contribution is 0.321. The Labute approximate surface area is 87.4 Å². The summed E-state index contributed by atoms with van der Waals surface area (Å²) in [5, 5.41) is 0. The average molecular weight is 223 g/mol. The Morgan fingerprint density at radius 1 is 1.21 bits per heavy atom. The maximum atomic E-state index is 9.72. The SMILES string of the molecule is C=CCS(=O)(=O)O.CCN(CC)CC. The zero-order valence-corrected chi connectivity index (χ0v) is 10.0. The fraction of sp³-hybridized carbons (Fsp3) is 0.778. The molecule has 0 atom stereocenters. The second-order valence-electron chi connectivity index (χ2n) is 2.66. The minimum atomic E-state index is -3.79. The van der Waals surface area contributed by atoms with Gasteiger partial charge in [-0.05, 0) is 19.6 Å². The first kappa shape index (κ1) is 16.1. The van der Waals surface area contributed by atoms with Crippen LogP contribution in [0.4, 0.5) is 0 Å². The molecule has 0 bridgehead atoms. The molecule has 0 heterocycles. The molecule has 0 aliphatic rings. The quantitative estimate of drug-likeness (QED) is 0.565. The monoisotopic (exact) mass is 223 g/mol. The largest absolute Gasteiger partial charge is 0.304 e. The Balaban J connectivity index is 0. The minimum absolute atomic E-state index is 0.368. The summed E-state index contributed by atoms with van der Waals surface area (Å²) in [7, 11) is -3.79. The third-order valence-corrected chi connectivity index (χ3v) is 2.33. The van der Waals surface area contributed by atoms with Gasteiger partial charge in [-0.25, -0.2) is 0 Å². The smallest absolute Gasteiger partial charge is 0.268 e. The normalized spacial score (nSPS) is 10.6. The Morgan fingerprint density at radius 3 is 1.57 bits per heavy atom. The number of nitrogens with zero attached hydrogens (tertiary/aromatic N) is 1. The zero-order chi connectivity index (χ0) is 11.6. The van der Waals surface area contributed by atoms with Crippen molar-refractivity contribution in [3.05, 3.63) is 12.7 Å². The summed E-state index contributed by atoms with van der Waals surface area (Å²) in [5.41, 5.74) is 0. The van der Waals surface area contributed by atoms with Crippen LogP contribution in [-0.4, -0.2) is 43.3 Å². The molecule has 0 saturated carbocycles. The van der Waals surface area contributed by atoms with Crippen LogP contribution >= 0.6 is 0 Å². The van der Waals surface area contributed by atoms with E-state index in [0.29, 0.717) is 0 Å². The van der Waals surface area contributed by atoms with Gasteiger partial charge in [0.2, 0.25) is 0 Å². The van der Waals surface area contributed by atoms with Crippen LogP contribution < -0.4 is 0 Å². The van der Waals surface area contributed by atoms with Crippen LogP contribution in [-0.2, 0) is 10.1 Å². The molecule has 0 aromatic rings. The molecule has 0 aromatic heterocycles. The third-order valence-electron chi connectivity index (χ3n) is 1.67. The second-order valence-corrected chi connectivity index (χ2v) is 4.15. The summed E-state index contributed by atoms with van der Waals surface area (Å²) in [6.07, 6.45) is 1.12. The lowest BCUT2D eigenvalue weighted by atomic mass is 10.5. The van der Waals surface area contributed by atoms with E-state index in [1.807, 2.05) is 0 Å². The maximum absolute atomic E-state index is 9.72. The molecule has 0 amide bonds. The molecule has 86 valence electrons. The van der Waals surface area contributed by atoms with E-state index < -0.39 is 10.1 Å². The standard InChI is InChI=1S/C6H15N.C3H6O3S/c1-4-7(5-2)6-3;1-2-3-7(4,5)6/h4-6H2,1-3H3;2H,1,3H2,(H,4,5,6). The Hall–Kier alpha value is -0.390. The van der Waals surface area contributed by atoms with Crippen molar-refractivity contribution in [2.45, 2.75) is 20.8 Å². The summed E-state index contributed by atoms with van der Waals surface area (Å²) < 4.78 is 27.3. The van der Waals surface area contributed by atoms with Crippen molar-refractivity contribution >= 4 is 10.1 Å². The molecule has 4 nitrogen and oxygen atoms in total. The Morgan fingerprint density at radius 2 is 1.57 bits per heavy atom. The van der Waals surface area contributed by atoms with Gasteiger partial charge in [0.15, 0.2) is 0 Å². The summed E-state index contributed by atoms with van der Waals surface area (Å²) >= 11 is 0. The topological polar surface area (TPSA) is 57.6 Å². The van der Waals surface area contributed by atoms with Crippen LogP contribution in [0.5, 0.6) is 0 Å². The highest BCUT2D eigenvalue weighted by Gasteiger charge is 1.95. The molecule has 0 radical (unpaired) electrons. The molecule has 0 spiro atoms. The van der Waals surface area contributed by atoms with Crippen LogP contribution in [0.1, 0.15) is 20.8 Å². The van der Waals surface area contributed by atoms with E-state index in [9.17, 15) is 8.42 Å². The molecule has 5 heteroatoms. The number of hydrogen-bond donors (Lipinski definition) is 1. The maximum Gasteiger partial charge on any atom is 0.268 e. The molecule has 0 fully saturated rings. The molecule has 0 rings (SSSR count).